The predicted molar refractivity (Wildman–Crippen MR) is 113 cm³/mol. The van der Waals surface area contributed by atoms with Crippen molar-refractivity contribution in [3.63, 3.8) is 0 Å². The predicted octanol–water partition coefficient (Wildman–Crippen LogP) is 3.17. The third kappa shape index (κ3) is 4.35. The molecule has 0 bridgehead atoms. The zero-order valence-electron chi connectivity index (χ0n) is 17.4. The lowest BCUT2D eigenvalue weighted by molar-refractivity contribution is -0.117. The van der Waals surface area contributed by atoms with E-state index in [1.165, 1.54) is 14.2 Å². The minimum atomic E-state index is -0.448. The topological polar surface area (TPSA) is 107 Å². The molecular weight excluding hydrogens is 400 g/mol. The van der Waals surface area contributed by atoms with E-state index in [0.717, 1.165) is 11.3 Å². The molecule has 1 aromatic heterocycles. The third-order valence-electron chi connectivity index (χ3n) is 5.09. The molecule has 9 nitrogen and oxygen atoms in total. The van der Waals surface area contributed by atoms with Crippen molar-refractivity contribution in [3.05, 3.63) is 59.5 Å². The Balaban J connectivity index is 1.46. The molecule has 2 heterocycles. The Morgan fingerprint density at radius 2 is 1.77 bits per heavy atom. The Labute approximate surface area is 179 Å². The number of rotatable bonds is 6. The van der Waals surface area contributed by atoms with Crippen molar-refractivity contribution in [1.82, 2.24) is 10.2 Å². The largest absolute Gasteiger partial charge is 0.497 e. The lowest BCUT2D eigenvalue weighted by Crippen LogP contribution is -2.24. The summed E-state index contributed by atoms with van der Waals surface area (Å²) in [4.78, 5) is 26.8. The van der Waals surface area contributed by atoms with E-state index in [1.54, 1.807) is 23.1 Å². The van der Waals surface area contributed by atoms with Crippen LogP contribution in [0.3, 0.4) is 0 Å². The maximum atomic E-state index is 12.6. The summed E-state index contributed by atoms with van der Waals surface area (Å²) in [6.45, 7) is 2.43. The van der Waals surface area contributed by atoms with Gasteiger partial charge in [0.25, 0.3) is 5.91 Å². The molecule has 0 aliphatic carbocycles. The number of benzene rings is 2. The summed E-state index contributed by atoms with van der Waals surface area (Å²) in [7, 11) is 3.01. The highest BCUT2D eigenvalue weighted by atomic mass is 16.5. The van der Waals surface area contributed by atoms with Gasteiger partial charge in [0.2, 0.25) is 11.8 Å². The second-order valence-electron chi connectivity index (χ2n) is 7.24. The van der Waals surface area contributed by atoms with Gasteiger partial charge < -0.3 is 18.8 Å². The maximum absolute atomic E-state index is 12.6. The smallest absolute Gasteiger partial charge is 0.322 e. The molecule has 3 aromatic rings. The van der Waals surface area contributed by atoms with Gasteiger partial charge >= 0.3 is 6.01 Å². The highest BCUT2D eigenvalue weighted by molar-refractivity contribution is 6.03. The molecule has 9 heteroatoms. The SMILES string of the molecule is COc1cc(OC)cc(C(=O)Nc2nnc(C3CC(=O)N(c4ccc(C)cc4)C3)o2)c1. The average molecular weight is 422 g/mol. The third-order valence-corrected chi connectivity index (χ3v) is 5.09. The summed E-state index contributed by atoms with van der Waals surface area (Å²) < 4.78 is 16.0. The van der Waals surface area contributed by atoms with Crippen molar-refractivity contribution >= 4 is 23.5 Å². The highest BCUT2D eigenvalue weighted by Crippen LogP contribution is 2.32. The number of nitrogens with zero attached hydrogens (tertiary/aromatic N) is 3. The van der Waals surface area contributed by atoms with Crippen LogP contribution >= 0.6 is 0 Å². The first-order valence-electron chi connectivity index (χ1n) is 9.71. The minimum Gasteiger partial charge on any atom is -0.497 e. The van der Waals surface area contributed by atoms with E-state index < -0.39 is 5.91 Å². The quantitative estimate of drug-likeness (QED) is 0.650. The van der Waals surface area contributed by atoms with Crippen LogP contribution in [0.1, 0.15) is 34.2 Å². The summed E-state index contributed by atoms with van der Waals surface area (Å²) in [6.07, 6.45) is 0.260. The molecule has 2 aromatic carbocycles. The van der Waals surface area contributed by atoms with Crippen molar-refractivity contribution in [3.8, 4) is 11.5 Å². The Bertz CT molecular complexity index is 1090. The molecule has 31 heavy (non-hydrogen) atoms. The van der Waals surface area contributed by atoms with Crippen LogP contribution in [-0.2, 0) is 4.79 Å². The molecule has 160 valence electrons. The molecule has 1 fully saturated rings. The maximum Gasteiger partial charge on any atom is 0.322 e. The Hall–Kier alpha value is -3.88. The molecule has 1 saturated heterocycles. The Morgan fingerprint density at radius 3 is 2.42 bits per heavy atom. The normalized spacial score (nSPS) is 15.8. The first-order chi connectivity index (χ1) is 15.0. The van der Waals surface area contributed by atoms with Crippen LogP contribution < -0.4 is 19.7 Å². The first-order valence-corrected chi connectivity index (χ1v) is 9.71. The van der Waals surface area contributed by atoms with Gasteiger partial charge in [-0.3, -0.25) is 14.9 Å². The number of carbonyl (C=O) groups is 2. The van der Waals surface area contributed by atoms with Gasteiger partial charge in [-0.05, 0) is 31.2 Å². The molecule has 4 rings (SSSR count). The average Bonchev–Trinajstić information content (AvgIpc) is 3.40. The second kappa shape index (κ2) is 8.47. The fraction of sp³-hybridized carbons (Fsp3) is 0.273. The number of anilines is 2. The molecule has 1 unspecified atom stereocenters. The van der Waals surface area contributed by atoms with Crippen LogP contribution in [0.2, 0.25) is 0 Å². The van der Waals surface area contributed by atoms with Gasteiger partial charge in [0.1, 0.15) is 11.5 Å². The number of nitrogens with one attached hydrogen (secondary N) is 1. The zero-order chi connectivity index (χ0) is 22.0. The summed E-state index contributed by atoms with van der Waals surface area (Å²) in [5.74, 6) is 0.565. The van der Waals surface area contributed by atoms with E-state index in [9.17, 15) is 9.59 Å². The zero-order valence-corrected chi connectivity index (χ0v) is 17.4. The minimum absolute atomic E-state index is 0.0129. The monoisotopic (exact) mass is 422 g/mol. The molecule has 1 N–H and O–H groups in total. The lowest BCUT2D eigenvalue weighted by Gasteiger charge is -2.16. The molecule has 1 aliphatic rings. The van der Waals surface area contributed by atoms with E-state index in [-0.39, 0.29) is 24.3 Å². The lowest BCUT2D eigenvalue weighted by atomic mass is 10.1. The van der Waals surface area contributed by atoms with Gasteiger partial charge in [-0.1, -0.05) is 22.8 Å². The van der Waals surface area contributed by atoms with Gasteiger partial charge in [-0.2, -0.15) is 0 Å². The first kappa shape index (κ1) is 20.4. The summed E-state index contributed by atoms with van der Waals surface area (Å²) in [6, 6.07) is 12.5. The molecular formula is C22H22N4O5. The fourth-order valence-corrected chi connectivity index (χ4v) is 3.41. The van der Waals surface area contributed by atoms with Crippen molar-refractivity contribution in [2.75, 3.05) is 31.0 Å². The number of aromatic nitrogens is 2. The van der Waals surface area contributed by atoms with Gasteiger partial charge in [-0.25, -0.2) is 0 Å². The number of hydrogen-bond acceptors (Lipinski definition) is 7. The Morgan fingerprint density at radius 1 is 1.10 bits per heavy atom. The molecule has 2 amide bonds. The van der Waals surface area contributed by atoms with E-state index in [2.05, 4.69) is 15.5 Å². The van der Waals surface area contributed by atoms with E-state index >= 15 is 0 Å². The summed E-state index contributed by atoms with van der Waals surface area (Å²) >= 11 is 0. The van der Waals surface area contributed by atoms with E-state index in [1.807, 2.05) is 31.2 Å². The van der Waals surface area contributed by atoms with Crippen molar-refractivity contribution in [2.24, 2.45) is 0 Å². The van der Waals surface area contributed by atoms with Crippen LogP contribution in [-0.4, -0.2) is 42.8 Å². The number of hydrogen-bond donors (Lipinski definition) is 1. The van der Waals surface area contributed by atoms with Crippen LogP contribution in [0.25, 0.3) is 0 Å². The van der Waals surface area contributed by atoms with Crippen LogP contribution in [0, 0.1) is 6.92 Å². The number of aryl methyl sites for hydroxylation is 1. The van der Waals surface area contributed by atoms with Crippen LogP contribution in [0.4, 0.5) is 11.7 Å². The number of methoxy groups -OCH3 is 2. The van der Waals surface area contributed by atoms with Crippen molar-refractivity contribution in [2.45, 2.75) is 19.3 Å². The van der Waals surface area contributed by atoms with Gasteiger partial charge in [0.05, 0.1) is 20.1 Å². The van der Waals surface area contributed by atoms with Crippen molar-refractivity contribution in [1.29, 1.82) is 0 Å². The molecule has 1 atom stereocenters. The molecule has 0 saturated carbocycles. The second-order valence-corrected chi connectivity index (χ2v) is 7.24. The van der Waals surface area contributed by atoms with Crippen LogP contribution in [0.5, 0.6) is 11.5 Å². The van der Waals surface area contributed by atoms with Crippen molar-refractivity contribution < 1.29 is 23.5 Å². The Kier molecular flexibility index (Phi) is 5.57. The van der Waals surface area contributed by atoms with Gasteiger partial charge in [-0.15, -0.1) is 5.10 Å². The van der Waals surface area contributed by atoms with E-state index in [0.29, 0.717) is 29.5 Å². The summed E-state index contributed by atoms with van der Waals surface area (Å²) in [5, 5.41) is 10.5. The number of amides is 2. The fourth-order valence-electron chi connectivity index (χ4n) is 3.41. The standard InChI is InChI=1S/C22H22N4O5/c1-13-4-6-16(7-5-13)26-12-15(10-19(26)27)21-24-25-22(31-21)23-20(28)14-8-17(29-2)11-18(9-14)30-3/h4-9,11,15H,10,12H2,1-3H3,(H,23,25,28). The summed E-state index contributed by atoms with van der Waals surface area (Å²) in [5.41, 5.74) is 2.27. The molecule has 0 spiro atoms. The van der Waals surface area contributed by atoms with Gasteiger partial charge in [0.15, 0.2) is 0 Å². The molecule has 1 aliphatic heterocycles. The van der Waals surface area contributed by atoms with E-state index in [4.69, 9.17) is 13.9 Å². The highest BCUT2D eigenvalue weighted by Gasteiger charge is 2.35. The number of ether oxygens (including phenoxy) is 2. The van der Waals surface area contributed by atoms with Gasteiger partial charge in [0, 0.05) is 30.3 Å². The number of carbonyl (C=O) groups excluding carboxylic acids is 2. The molecule has 0 radical (unpaired) electrons. The van der Waals surface area contributed by atoms with Crippen LogP contribution in [0.15, 0.2) is 46.9 Å².